The van der Waals surface area contributed by atoms with Crippen molar-refractivity contribution >= 4 is 11.6 Å². The Morgan fingerprint density at radius 3 is 2.45 bits per heavy atom. The molecule has 150 valence electrons. The minimum Gasteiger partial charge on any atom is -0.497 e. The standard InChI is InChI=1S/C24H27N3O2/c1-16-13-17(2)26-23(18-9-11-21(29-5)12-10-18)22(16)15-25-24(28)19-7-6-8-20(14-19)27(3)4/h6-14H,15H2,1-5H3,(H,25,28). The molecule has 0 bridgehead atoms. The van der Waals surface area contributed by atoms with Gasteiger partial charge in [0.25, 0.3) is 5.91 Å². The normalized spacial score (nSPS) is 10.5. The summed E-state index contributed by atoms with van der Waals surface area (Å²) in [6.07, 6.45) is 0. The van der Waals surface area contributed by atoms with Gasteiger partial charge in [-0.05, 0) is 67.9 Å². The lowest BCUT2D eigenvalue weighted by molar-refractivity contribution is 0.0951. The Morgan fingerprint density at radius 1 is 1.07 bits per heavy atom. The second-order valence-corrected chi connectivity index (χ2v) is 7.26. The van der Waals surface area contributed by atoms with Crippen LogP contribution in [0.3, 0.4) is 0 Å². The zero-order valence-electron chi connectivity index (χ0n) is 17.6. The van der Waals surface area contributed by atoms with Crippen LogP contribution >= 0.6 is 0 Å². The molecule has 1 amide bonds. The number of anilines is 1. The molecule has 0 aliphatic rings. The summed E-state index contributed by atoms with van der Waals surface area (Å²) in [5, 5.41) is 3.05. The van der Waals surface area contributed by atoms with E-state index in [1.165, 1.54) is 0 Å². The minimum atomic E-state index is -0.102. The van der Waals surface area contributed by atoms with Gasteiger partial charge < -0.3 is 15.0 Å². The van der Waals surface area contributed by atoms with E-state index in [1.807, 2.05) is 80.5 Å². The number of methoxy groups -OCH3 is 1. The van der Waals surface area contributed by atoms with Gasteiger partial charge in [-0.15, -0.1) is 0 Å². The highest BCUT2D eigenvalue weighted by atomic mass is 16.5. The molecule has 0 aliphatic carbocycles. The van der Waals surface area contributed by atoms with Crippen molar-refractivity contribution in [2.24, 2.45) is 0 Å². The first kappa shape index (κ1) is 20.4. The maximum Gasteiger partial charge on any atom is 0.251 e. The van der Waals surface area contributed by atoms with Gasteiger partial charge in [-0.1, -0.05) is 6.07 Å². The predicted octanol–water partition coefficient (Wildman–Crippen LogP) is 4.37. The van der Waals surface area contributed by atoms with Crippen LogP contribution in [0.2, 0.25) is 0 Å². The van der Waals surface area contributed by atoms with Gasteiger partial charge in [-0.3, -0.25) is 9.78 Å². The van der Waals surface area contributed by atoms with E-state index in [2.05, 4.69) is 12.2 Å². The van der Waals surface area contributed by atoms with Crippen molar-refractivity contribution in [2.75, 3.05) is 26.1 Å². The summed E-state index contributed by atoms with van der Waals surface area (Å²) in [5.74, 6) is 0.697. The third-order valence-electron chi connectivity index (χ3n) is 4.89. The molecule has 0 atom stereocenters. The SMILES string of the molecule is COc1ccc(-c2nc(C)cc(C)c2CNC(=O)c2cccc(N(C)C)c2)cc1. The van der Waals surface area contributed by atoms with Gasteiger partial charge in [-0.25, -0.2) is 0 Å². The van der Waals surface area contributed by atoms with E-state index < -0.39 is 0 Å². The number of aryl methyl sites for hydroxylation is 2. The number of benzene rings is 2. The number of pyridine rings is 1. The quantitative estimate of drug-likeness (QED) is 0.680. The Labute approximate surface area is 172 Å². The zero-order chi connectivity index (χ0) is 21.0. The summed E-state index contributed by atoms with van der Waals surface area (Å²) in [6, 6.07) is 17.5. The largest absolute Gasteiger partial charge is 0.497 e. The second-order valence-electron chi connectivity index (χ2n) is 7.26. The van der Waals surface area contributed by atoms with Crippen molar-refractivity contribution in [3.8, 4) is 17.0 Å². The topological polar surface area (TPSA) is 54.5 Å². The molecule has 0 spiro atoms. The van der Waals surface area contributed by atoms with Gasteiger partial charge in [0.15, 0.2) is 0 Å². The van der Waals surface area contributed by atoms with Crippen molar-refractivity contribution < 1.29 is 9.53 Å². The molecule has 3 rings (SSSR count). The molecule has 5 heteroatoms. The smallest absolute Gasteiger partial charge is 0.251 e. The van der Waals surface area contributed by atoms with E-state index in [1.54, 1.807) is 7.11 Å². The van der Waals surface area contributed by atoms with E-state index in [-0.39, 0.29) is 5.91 Å². The summed E-state index contributed by atoms with van der Waals surface area (Å²) in [7, 11) is 5.56. The Hall–Kier alpha value is -3.34. The molecule has 0 fully saturated rings. The number of amides is 1. The molecule has 0 saturated carbocycles. The maximum absolute atomic E-state index is 12.7. The van der Waals surface area contributed by atoms with Crippen LogP contribution < -0.4 is 15.0 Å². The molecule has 1 heterocycles. The molecule has 0 saturated heterocycles. The molecule has 2 aromatic carbocycles. The van der Waals surface area contributed by atoms with Crippen molar-refractivity contribution in [2.45, 2.75) is 20.4 Å². The number of hydrogen-bond acceptors (Lipinski definition) is 4. The highest BCUT2D eigenvalue weighted by molar-refractivity contribution is 5.95. The molecule has 29 heavy (non-hydrogen) atoms. The number of hydrogen-bond donors (Lipinski definition) is 1. The van der Waals surface area contributed by atoms with E-state index in [9.17, 15) is 4.79 Å². The van der Waals surface area contributed by atoms with E-state index in [4.69, 9.17) is 9.72 Å². The lowest BCUT2D eigenvalue weighted by Crippen LogP contribution is -2.24. The van der Waals surface area contributed by atoms with Gasteiger partial charge in [0.1, 0.15) is 5.75 Å². The number of carbonyl (C=O) groups is 1. The van der Waals surface area contributed by atoms with Crippen LogP contribution in [0, 0.1) is 13.8 Å². The van der Waals surface area contributed by atoms with Crippen LogP contribution in [-0.4, -0.2) is 32.1 Å². The first-order valence-corrected chi connectivity index (χ1v) is 9.56. The molecule has 5 nitrogen and oxygen atoms in total. The molecular weight excluding hydrogens is 362 g/mol. The number of nitrogens with one attached hydrogen (secondary N) is 1. The van der Waals surface area contributed by atoms with E-state index >= 15 is 0 Å². The number of rotatable bonds is 6. The van der Waals surface area contributed by atoms with Crippen LogP contribution in [0.4, 0.5) is 5.69 Å². The fourth-order valence-corrected chi connectivity index (χ4v) is 3.27. The molecule has 1 aromatic heterocycles. The third-order valence-corrected chi connectivity index (χ3v) is 4.89. The average Bonchev–Trinajstić information content (AvgIpc) is 2.72. The molecule has 1 N–H and O–H groups in total. The molecule has 3 aromatic rings. The Kier molecular flexibility index (Phi) is 6.17. The Morgan fingerprint density at radius 2 is 1.79 bits per heavy atom. The van der Waals surface area contributed by atoms with Crippen LogP contribution in [0.15, 0.2) is 54.6 Å². The van der Waals surface area contributed by atoms with Gasteiger partial charge in [0.2, 0.25) is 0 Å². The van der Waals surface area contributed by atoms with E-state index in [0.29, 0.717) is 12.1 Å². The summed E-state index contributed by atoms with van der Waals surface area (Å²) in [4.78, 5) is 19.5. The Balaban J connectivity index is 1.87. The maximum atomic E-state index is 12.7. The summed E-state index contributed by atoms with van der Waals surface area (Å²) < 4.78 is 5.26. The minimum absolute atomic E-state index is 0.102. The predicted molar refractivity (Wildman–Crippen MR) is 118 cm³/mol. The monoisotopic (exact) mass is 389 g/mol. The van der Waals surface area contributed by atoms with Crippen LogP contribution in [0.5, 0.6) is 5.75 Å². The lowest BCUT2D eigenvalue weighted by atomic mass is 10.0. The van der Waals surface area contributed by atoms with Crippen molar-refractivity contribution in [1.82, 2.24) is 10.3 Å². The molecule has 0 radical (unpaired) electrons. The van der Waals surface area contributed by atoms with Crippen molar-refractivity contribution in [3.63, 3.8) is 0 Å². The highest BCUT2D eigenvalue weighted by Crippen LogP contribution is 2.27. The summed E-state index contributed by atoms with van der Waals surface area (Å²) in [6.45, 7) is 4.44. The summed E-state index contributed by atoms with van der Waals surface area (Å²) in [5.41, 5.74) is 6.57. The van der Waals surface area contributed by atoms with Crippen molar-refractivity contribution in [1.29, 1.82) is 0 Å². The first-order valence-electron chi connectivity index (χ1n) is 9.56. The first-order chi connectivity index (χ1) is 13.9. The zero-order valence-corrected chi connectivity index (χ0v) is 17.6. The van der Waals surface area contributed by atoms with Crippen LogP contribution in [0.25, 0.3) is 11.3 Å². The van der Waals surface area contributed by atoms with Crippen LogP contribution in [-0.2, 0) is 6.54 Å². The van der Waals surface area contributed by atoms with Gasteiger partial charge in [0, 0.05) is 48.7 Å². The van der Waals surface area contributed by atoms with Gasteiger partial charge in [-0.2, -0.15) is 0 Å². The molecular formula is C24H27N3O2. The summed E-state index contributed by atoms with van der Waals surface area (Å²) >= 11 is 0. The second kappa shape index (κ2) is 8.78. The number of nitrogens with zero attached hydrogens (tertiary/aromatic N) is 2. The lowest BCUT2D eigenvalue weighted by Gasteiger charge is -2.16. The fraction of sp³-hybridized carbons (Fsp3) is 0.250. The van der Waals surface area contributed by atoms with E-state index in [0.717, 1.165) is 39.5 Å². The number of ether oxygens (including phenoxy) is 1. The molecule has 0 unspecified atom stereocenters. The number of carbonyl (C=O) groups excluding carboxylic acids is 1. The van der Waals surface area contributed by atoms with Gasteiger partial charge in [0.05, 0.1) is 12.8 Å². The van der Waals surface area contributed by atoms with Crippen LogP contribution in [0.1, 0.15) is 27.2 Å². The number of aromatic nitrogens is 1. The van der Waals surface area contributed by atoms with Crippen molar-refractivity contribution in [3.05, 3.63) is 77.0 Å². The molecule has 0 aliphatic heterocycles. The third kappa shape index (κ3) is 4.74. The highest BCUT2D eigenvalue weighted by Gasteiger charge is 2.14. The average molecular weight is 389 g/mol. The Bertz CT molecular complexity index is 1010. The van der Waals surface area contributed by atoms with Gasteiger partial charge >= 0.3 is 0 Å². The fourth-order valence-electron chi connectivity index (χ4n) is 3.27.